The number of carbonyl (C=O) groups excluding carboxylic acids is 1. The molecule has 122 valence electrons. The van der Waals surface area contributed by atoms with E-state index in [4.69, 9.17) is 4.98 Å². The number of aromatic nitrogens is 2. The third kappa shape index (κ3) is 2.74. The van der Waals surface area contributed by atoms with Gasteiger partial charge in [-0.05, 0) is 44.4 Å². The normalized spacial score (nSPS) is 25.5. The van der Waals surface area contributed by atoms with Gasteiger partial charge in [0.25, 0.3) is 0 Å². The van der Waals surface area contributed by atoms with Gasteiger partial charge in [-0.2, -0.15) is 0 Å². The van der Waals surface area contributed by atoms with Crippen LogP contribution in [-0.2, 0) is 11.3 Å². The fourth-order valence-corrected chi connectivity index (χ4v) is 4.34. The second kappa shape index (κ2) is 5.96. The Balaban J connectivity index is 1.52. The zero-order chi connectivity index (χ0) is 15.8. The predicted molar refractivity (Wildman–Crippen MR) is 89.0 cm³/mol. The first-order valence-corrected chi connectivity index (χ1v) is 8.66. The van der Waals surface area contributed by atoms with E-state index >= 15 is 0 Å². The van der Waals surface area contributed by atoms with E-state index in [2.05, 4.69) is 20.4 Å². The molecule has 0 N–H and O–H groups in total. The quantitative estimate of drug-likeness (QED) is 0.873. The molecule has 0 saturated carbocycles. The largest absolute Gasteiger partial charge is 0.338 e. The van der Waals surface area contributed by atoms with Crippen LogP contribution in [0.3, 0.4) is 0 Å². The highest BCUT2D eigenvalue weighted by atomic mass is 16.2. The van der Waals surface area contributed by atoms with E-state index in [9.17, 15) is 4.79 Å². The summed E-state index contributed by atoms with van der Waals surface area (Å²) in [5.41, 5.74) is 2.12. The molecule has 0 aromatic carbocycles. The van der Waals surface area contributed by atoms with Gasteiger partial charge in [0.2, 0.25) is 5.91 Å². The monoisotopic (exact) mass is 312 g/mol. The van der Waals surface area contributed by atoms with Crippen LogP contribution in [0, 0.1) is 0 Å². The van der Waals surface area contributed by atoms with Crippen LogP contribution in [-0.4, -0.2) is 50.3 Å². The van der Waals surface area contributed by atoms with Gasteiger partial charge in [0, 0.05) is 44.5 Å². The summed E-state index contributed by atoms with van der Waals surface area (Å²) in [4.78, 5) is 21.2. The van der Waals surface area contributed by atoms with Crippen molar-refractivity contribution in [2.75, 3.05) is 13.1 Å². The Morgan fingerprint density at radius 2 is 2.04 bits per heavy atom. The molecule has 23 heavy (non-hydrogen) atoms. The molecule has 0 spiro atoms. The van der Waals surface area contributed by atoms with Crippen molar-refractivity contribution >= 4 is 11.6 Å². The minimum absolute atomic E-state index is 0.229. The molecule has 2 aliphatic rings. The summed E-state index contributed by atoms with van der Waals surface area (Å²) in [7, 11) is 0. The molecule has 4 heterocycles. The second-order valence-corrected chi connectivity index (χ2v) is 6.80. The molecule has 2 saturated heterocycles. The molecule has 2 unspecified atom stereocenters. The molecular formula is C18H24N4O. The number of rotatable bonds is 3. The third-order valence-electron chi connectivity index (χ3n) is 5.34. The van der Waals surface area contributed by atoms with Crippen LogP contribution in [0.1, 0.15) is 38.3 Å². The van der Waals surface area contributed by atoms with Crippen LogP contribution in [0.4, 0.5) is 0 Å². The number of likely N-dealkylation sites (tertiary alicyclic amines) is 2. The van der Waals surface area contributed by atoms with E-state index in [1.165, 1.54) is 12.8 Å². The molecule has 5 heteroatoms. The van der Waals surface area contributed by atoms with Crippen LogP contribution < -0.4 is 0 Å². The van der Waals surface area contributed by atoms with Gasteiger partial charge in [0.1, 0.15) is 5.65 Å². The Labute approximate surface area is 136 Å². The maximum absolute atomic E-state index is 11.9. The highest BCUT2D eigenvalue weighted by Crippen LogP contribution is 2.31. The zero-order valence-corrected chi connectivity index (χ0v) is 13.7. The number of imidazole rings is 1. The van der Waals surface area contributed by atoms with Gasteiger partial charge in [-0.3, -0.25) is 9.69 Å². The Bertz CT molecular complexity index is 677. The van der Waals surface area contributed by atoms with Gasteiger partial charge >= 0.3 is 0 Å². The number of amides is 1. The van der Waals surface area contributed by atoms with Gasteiger partial charge in [-0.1, -0.05) is 6.07 Å². The van der Waals surface area contributed by atoms with Crippen LogP contribution in [0.25, 0.3) is 5.65 Å². The predicted octanol–water partition coefficient (Wildman–Crippen LogP) is 2.31. The summed E-state index contributed by atoms with van der Waals surface area (Å²) in [6.07, 6.45) is 8.88. The Morgan fingerprint density at radius 1 is 1.22 bits per heavy atom. The Kier molecular flexibility index (Phi) is 3.81. The van der Waals surface area contributed by atoms with E-state index in [0.29, 0.717) is 12.1 Å². The van der Waals surface area contributed by atoms with E-state index in [-0.39, 0.29) is 5.91 Å². The molecule has 2 atom stereocenters. The molecule has 2 aromatic rings. The molecule has 0 bridgehead atoms. The molecule has 0 aliphatic carbocycles. The summed E-state index contributed by atoms with van der Waals surface area (Å²) >= 11 is 0. The summed E-state index contributed by atoms with van der Waals surface area (Å²) in [6, 6.07) is 6.98. The molecule has 4 rings (SSSR count). The fourth-order valence-electron chi connectivity index (χ4n) is 4.34. The number of pyridine rings is 1. The number of carbonyl (C=O) groups is 1. The second-order valence-electron chi connectivity index (χ2n) is 6.80. The first-order chi connectivity index (χ1) is 11.2. The van der Waals surface area contributed by atoms with Crippen LogP contribution >= 0.6 is 0 Å². The van der Waals surface area contributed by atoms with E-state index < -0.39 is 0 Å². The van der Waals surface area contributed by atoms with Crippen molar-refractivity contribution in [1.82, 2.24) is 19.2 Å². The lowest BCUT2D eigenvalue weighted by Crippen LogP contribution is -2.47. The van der Waals surface area contributed by atoms with Crippen molar-refractivity contribution in [2.45, 2.75) is 51.2 Å². The molecule has 2 fully saturated rings. The molecular weight excluding hydrogens is 288 g/mol. The first kappa shape index (κ1) is 14.7. The third-order valence-corrected chi connectivity index (χ3v) is 5.34. The summed E-state index contributed by atoms with van der Waals surface area (Å²) in [5, 5.41) is 0. The van der Waals surface area contributed by atoms with Crippen molar-refractivity contribution in [1.29, 1.82) is 0 Å². The highest BCUT2D eigenvalue weighted by Gasteiger charge is 2.38. The van der Waals surface area contributed by atoms with Gasteiger partial charge in [-0.25, -0.2) is 4.98 Å². The lowest BCUT2D eigenvalue weighted by atomic mass is 10.0. The maximum atomic E-state index is 11.9. The van der Waals surface area contributed by atoms with E-state index in [0.717, 1.165) is 43.8 Å². The van der Waals surface area contributed by atoms with Crippen molar-refractivity contribution in [3.63, 3.8) is 0 Å². The Hall–Kier alpha value is -1.88. The van der Waals surface area contributed by atoms with Crippen LogP contribution in [0.2, 0.25) is 0 Å². The number of hydrogen-bond donors (Lipinski definition) is 0. The van der Waals surface area contributed by atoms with Gasteiger partial charge < -0.3 is 9.30 Å². The first-order valence-electron chi connectivity index (χ1n) is 8.66. The lowest BCUT2D eigenvalue weighted by molar-refractivity contribution is -0.130. The van der Waals surface area contributed by atoms with Crippen molar-refractivity contribution in [3.8, 4) is 0 Å². The van der Waals surface area contributed by atoms with Gasteiger partial charge in [-0.15, -0.1) is 0 Å². The molecule has 0 radical (unpaired) electrons. The summed E-state index contributed by atoms with van der Waals surface area (Å²) < 4.78 is 2.08. The molecule has 2 aromatic heterocycles. The molecule has 1 amide bonds. The Morgan fingerprint density at radius 3 is 2.87 bits per heavy atom. The minimum Gasteiger partial charge on any atom is -0.338 e. The summed E-state index contributed by atoms with van der Waals surface area (Å²) in [5.74, 6) is 0.229. The molecule has 5 nitrogen and oxygen atoms in total. The average molecular weight is 312 g/mol. The SMILES string of the molecule is CC(=O)N1CCCC1C1CCCN1Cc1cn2ccccc2n1. The number of hydrogen-bond acceptors (Lipinski definition) is 3. The topological polar surface area (TPSA) is 40.9 Å². The summed E-state index contributed by atoms with van der Waals surface area (Å²) in [6.45, 7) is 4.63. The van der Waals surface area contributed by atoms with E-state index in [1.807, 2.05) is 24.4 Å². The molecule has 2 aliphatic heterocycles. The smallest absolute Gasteiger partial charge is 0.219 e. The van der Waals surface area contributed by atoms with Crippen molar-refractivity contribution in [3.05, 3.63) is 36.3 Å². The standard InChI is InChI=1S/C18H24N4O/c1-14(23)22-11-5-7-17(22)16-6-4-10-20(16)12-15-13-21-9-3-2-8-18(21)19-15/h2-3,8-9,13,16-17H,4-7,10-12H2,1H3. The zero-order valence-electron chi connectivity index (χ0n) is 13.7. The fraction of sp³-hybridized carbons (Fsp3) is 0.556. The number of fused-ring (bicyclic) bond motifs is 1. The van der Waals surface area contributed by atoms with Crippen LogP contribution in [0.5, 0.6) is 0 Å². The van der Waals surface area contributed by atoms with E-state index in [1.54, 1.807) is 6.92 Å². The maximum Gasteiger partial charge on any atom is 0.219 e. The van der Waals surface area contributed by atoms with Crippen LogP contribution in [0.15, 0.2) is 30.6 Å². The van der Waals surface area contributed by atoms with Gasteiger partial charge in [0.15, 0.2) is 0 Å². The average Bonchev–Trinajstić information content (AvgIpc) is 3.25. The van der Waals surface area contributed by atoms with Gasteiger partial charge in [0.05, 0.1) is 5.69 Å². The number of nitrogens with zero attached hydrogens (tertiary/aromatic N) is 4. The minimum atomic E-state index is 0.229. The van der Waals surface area contributed by atoms with Crippen molar-refractivity contribution < 1.29 is 4.79 Å². The lowest BCUT2D eigenvalue weighted by Gasteiger charge is -2.34. The van der Waals surface area contributed by atoms with Crippen molar-refractivity contribution in [2.24, 2.45) is 0 Å². The highest BCUT2D eigenvalue weighted by molar-refractivity contribution is 5.74.